The van der Waals surface area contributed by atoms with Crippen LogP contribution in [0.3, 0.4) is 0 Å². The van der Waals surface area contributed by atoms with Crippen molar-refractivity contribution in [3.63, 3.8) is 0 Å². The molecule has 104 valence electrons. The summed E-state index contributed by atoms with van der Waals surface area (Å²) in [7, 11) is 0. The number of halogens is 3. The van der Waals surface area contributed by atoms with Gasteiger partial charge in [0.2, 0.25) is 0 Å². The third kappa shape index (κ3) is 2.43. The van der Waals surface area contributed by atoms with E-state index in [0.29, 0.717) is 17.0 Å². The van der Waals surface area contributed by atoms with E-state index in [0.717, 1.165) is 24.7 Å². The molecular formula is C16H14ClF2N. The molecular weight excluding hydrogens is 280 g/mol. The van der Waals surface area contributed by atoms with Crippen LogP contribution in [0.4, 0.5) is 8.78 Å². The smallest absolute Gasteiger partial charge is 0.129 e. The Morgan fingerprint density at radius 2 is 1.90 bits per heavy atom. The molecule has 0 amide bonds. The van der Waals surface area contributed by atoms with Crippen LogP contribution in [0.5, 0.6) is 0 Å². The molecule has 1 saturated heterocycles. The minimum absolute atomic E-state index is 0.163. The highest BCUT2D eigenvalue weighted by atomic mass is 35.5. The molecule has 0 saturated carbocycles. The summed E-state index contributed by atoms with van der Waals surface area (Å²) in [6.45, 7) is 1.54. The highest BCUT2D eigenvalue weighted by molar-refractivity contribution is 6.30. The van der Waals surface area contributed by atoms with Gasteiger partial charge in [-0.15, -0.1) is 0 Å². The molecule has 0 unspecified atom stereocenters. The normalized spacial score (nSPS) is 16.8. The number of nitrogens with one attached hydrogen (secondary N) is 1. The molecule has 1 fully saturated rings. The second-order valence-electron chi connectivity index (χ2n) is 5.31. The zero-order chi connectivity index (χ0) is 14.2. The summed E-state index contributed by atoms with van der Waals surface area (Å²) in [4.78, 5) is 0. The number of rotatable bonds is 3. The van der Waals surface area contributed by atoms with E-state index in [4.69, 9.17) is 11.6 Å². The Morgan fingerprint density at radius 1 is 1.10 bits per heavy atom. The fourth-order valence-electron chi connectivity index (χ4n) is 2.71. The Morgan fingerprint density at radius 3 is 2.50 bits per heavy atom. The van der Waals surface area contributed by atoms with E-state index in [1.54, 1.807) is 0 Å². The van der Waals surface area contributed by atoms with Gasteiger partial charge in [-0.05, 0) is 35.7 Å². The van der Waals surface area contributed by atoms with Crippen molar-refractivity contribution >= 4 is 11.6 Å². The molecule has 20 heavy (non-hydrogen) atoms. The maximum absolute atomic E-state index is 13.8. The van der Waals surface area contributed by atoms with Gasteiger partial charge in [-0.2, -0.15) is 0 Å². The molecule has 0 aromatic heterocycles. The van der Waals surface area contributed by atoms with Gasteiger partial charge in [-0.3, -0.25) is 0 Å². The van der Waals surface area contributed by atoms with Crippen LogP contribution in [-0.2, 0) is 11.8 Å². The summed E-state index contributed by atoms with van der Waals surface area (Å²) in [5, 5.41) is 3.91. The van der Waals surface area contributed by atoms with Gasteiger partial charge in [0, 0.05) is 29.6 Å². The van der Waals surface area contributed by atoms with E-state index in [9.17, 15) is 8.78 Å². The summed E-state index contributed by atoms with van der Waals surface area (Å²) >= 11 is 6.04. The topological polar surface area (TPSA) is 12.0 Å². The van der Waals surface area contributed by atoms with Crippen molar-refractivity contribution in [1.29, 1.82) is 0 Å². The summed E-state index contributed by atoms with van der Waals surface area (Å²) in [6.07, 6.45) is 0.534. The van der Waals surface area contributed by atoms with Gasteiger partial charge in [0.25, 0.3) is 0 Å². The monoisotopic (exact) mass is 293 g/mol. The predicted octanol–water partition coefficient (Wildman–Crippen LogP) is 3.70. The molecule has 3 rings (SSSR count). The standard InChI is InChI=1S/C16H14ClF2N/c17-13-3-1-2-12(6-13)16(9-20-10-16)8-11-4-5-14(18)7-15(11)19/h1-7,20H,8-10H2. The molecule has 1 aliphatic rings. The van der Waals surface area contributed by atoms with Gasteiger partial charge in [-0.1, -0.05) is 29.8 Å². The zero-order valence-electron chi connectivity index (χ0n) is 10.8. The predicted molar refractivity (Wildman–Crippen MR) is 76.1 cm³/mol. The minimum Gasteiger partial charge on any atom is -0.315 e. The molecule has 0 radical (unpaired) electrons. The van der Waals surface area contributed by atoms with E-state index < -0.39 is 11.6 Å². The van der Waals surface area contributed by atoms with Crippen molar-refractivity contribution in [2.45, 2.75) is 11.8 Å². The average Bonchev–Trinajstić information content (AvgIpc) is 2.36. The van der Waals surface area contributed by atoms with Gasteiger partial charge in [0.05, 0.1) is 0 Å². The molecule has 0 spiro atoms. The first-order chi connectivity index (χ1) is 9.59. The summed E-state index contributed by atoms with van der Waals surface area (Å²) < 4.78 is 26.8. The molecule has 2 aromatic carbocycles. The number of hydrogen-bond donors (Lipinski definition) is 1. The van der Waals surface area contributed by atoms with Gasteiger partial charge in [0.1, 0.15) is 11.6 Å². The maximum atomic E-state index is 13.8. The lowest BCUT2D eigenvalue weighted by atomic mass is 9.71. The largest absolute Gasteiger partial charge is 0.315 e. The lowest BCUT2D eigenvalue weighted by Crippen LogP contribution is -2.58. The first-order valence-electron chi connectivity index (χ1n) is 6.50. The van der Waals surface area contributed by atoms with Gasteiger partial charge in [-0.25, -0.2) is 8.78 Å². The Labute approximate surface area is 121 Å². The Kier molecular flexibility index (Phi) is 3.48. The highest BCUT2D eigenvalue weighted by Gasteiger charge is 2.39. The fraction of sp³-hybridized carbons (Fsp3) is 0.250. The van der Waals surface area contributed by atoms with Gasteiger partial charge < -0.3 is 5.32 Å². The van der Waals surface area contributed by atoms with Crippen molar-refractivity contribution < 1.29 is 8.78 Å². The average molecular weight is 294 g/mol. The molecule has 1 nitrogen and oxygen atoms in total. The van der Waals surface area contributed by atoms with Crippen molar-refractivity contribution in [3.8, 4) is 0 Å². The molecule has 0 aliphatic carbocycles. The summed E-state index contributed by atoms with van der Waals surface area (Å²) in [5.74, 6) is -1.03. The lowest BCUT2D eigenvalue weighted by Gasteiger charge is -2.43. The molecule has 1 N–H and O–H groups in total. The lowest BCUT2D eigenvalue weighted by molar-refractivity contribution is 0.272. The van der Waals surface area contributed by atoms with E-state index in [2.05, 4.69) is 5.32 Å². The van der Waals surface area contributed by atoms with Crippen LogP contribution in [-0.4, -0.2) is 13.1 Å². The quantitative estimate of drug-likeness (QED) is 0.910. The van der Waals surface area contributed by atoms with Crippen molar-refractivity contribution in [2.24, 2.45) is 0 Å². The molecule has 4 heteroatoms. The van der Waals surface area contributed by atoms with E-state index in [-0.39, 0.29) is 5.41 Å². The fourth-order valence-corrected chi connectivity index (χ4v) is 2.90. The van der Waals surface area contributed by atoms with E-state index >= 15 is 0 Å². The number of hydrogen-bond acceptors (Lipinski definition) is 1. The van der Waals surface area contributed by atoms with E-state index in [1.165, 1.54) is 12.1 Å². The van der Waals surface area contributed by atoms with Gasteiger partial charge in [0.15, 0.2) is 0 Å². The van der Waals surface area contributed by atoms with Crippen molar-refractivity contribution in [1.82, 2.24) is 5.32 Å². The first-order valence-corrected chi connectivity index (χ1v) is 6.88. The van der Waals surface area contributed by atoms with Crippen LogP contribution in [0.25, 0.3) is 0 Å². The van der Waals surface area contributed by atoms with Crippen LogP contribution in [0.15, 0.2) is 42.5 Å². The van der Waals surface area contributed by atoms with Crippen LogP contribution in [0.2, 0.25) is 5.02 Å². The molecule has 1 heterocycles. The summed E-state index contributed by atoms with van der Waals surface area (Å²) in [5.41, 5.74) is 1.46. The van der Waals surface area contributed by atoms with E-state index in [1.807, 2.05) is 24.3 Å². The van der Waals surface area contributed by atoms with Crippen LogP contribution < -0.4 is 5.32 Å². The Hall–Kier alpha value is -1.45. The number of benzene rings is 2. The zero-order valence-corrected chi connectivity index (χ0v) is 11.6. The Balaban J connectivity index is 1.94. The van der Waals surface area contributed by atoms with Crippen molar-refractivity contribution in [3.05, 3.63) is 70.2 Å². The van der Waals surface area contributed by atoms with Crippen molar-refractivity contribution in [2.75, 3.05) is 13.1 Å². The third-order valence-corrected chi connectivity index (χ3v) is 4.14. The Bertz CT molecular complexity index is 638. The molecule has 0 atom stereocenters. The van der Waals surface area contributed by atoms with Crippen LogP contribution in [0, 0.1) is 11.6 Å². The second-order valence-corrected chi connectivity index (χ2v) is 5.74. The van der Waals surface area contributed by atoms with Crippen LogP contribution in [0.1, 0.15) is 11.1 Å². The molecule has 2 aromatic rings. The SMILES string of the molecule is Fc1ccc(CC2(c3cccc(Cl)c3)CNC2)c(F)c1. The van der Waals surface area contributed by atoms with Gasteiger partial charge >= 0.3 is 0 Å². The second kappa shape index (κ2) is 5.15. The minimum atomic E-state index is -0.546. The molecule has 1 aliphatic heterocycles. The summed E-state index contributed by atoms with van der Waals surface area (Å²) in [6, 6.07) is 11.4. The molecule has 0 bridgehead atoms. The first kappa shape index (κ1) is 13.5. The highest BCUT2D eigenvalue weighted by Crippen LogP contribution is 2.34. The maximum Gasteiger partial charge on any atom is 0.129 e. The van der Waals surface area contributed by atoms with Crippen LogP contribution >= 0.6 is 11.6 Å². The third-order valence-electron chi connectivity index (χ3n) is 3.91.